The molecule has 3 rings (SSSR count). The Bertz CT molecular complexity index is 1030. The van der Waals surface area contributed by atoms with Crippen molar-refractivity contribution in [3.63, 3.8) is 0 Å². The molecule has 0 saturated carbocycles. The Morgan fingerprint density at radius 1 is 1.18 bits per heavy atom. The number of aliphatic hydroxyl groups is 1. The summed E-state index contributed by atoms with van der Waals surface area (Å²) < 4.78 is 15.3. The fraction of sp³-hybridized carbons (Fsp3) is 0.364. The number of aromatic nitrogens is 2. The molecule has 0 radical (unpaired) electrons. The summed E-state index contributed by atoms with van der Waals surface area (Å²) in [6.07, 6.45) is 0.505. The van der Waals surface area contributed by atoms with Gasteiger partial charge in [-0.25, -0.2) is 4.39 Å². The predicted octanol–water partition coefficient (Wildman–Crippen LogP) is 4.68. The van der Waals surface area contributed by atoms with E-state index in [1.807, 2.05) is 31.2 Å². The zero-order valence-corrected chi connectivity index (χ0v) is 18.8. The van der Waals surface area contributed by atoms with Crippen LogP contribution < -0.4 is 5.56 Å². The first-order valence-corrected chi connectivity index (χ1v) is 14.0. The van der Waals surface area contributed by atoms with Crippen LogP contribution in [0.1, 0.15) is 41.8 Å². The van der Waals surface area contributed by atoms with Gasteiger partial charge >= 0.3 is 168 Å². The average Bonchev–Trinajstić information content (AvgIpc) is 2.68. The molecular formula is C22H26FIN2O2. The Hall–Kier alpha value is -1.80. The van der Waals surface area contributed by atoms with E-state index in [0.717, 1.165) is 11.1 Å². The molecular weight excluding hydrogens is 470 g/mol. The fourth-order valence-electron chi connectivity index (χ4n) is 3.11. The molecule has 0 bridgehead atoms. The van der Waals surface area contributed by atoms with E-state index in [9.17, 15) is 14.3 Å². The second-order valence-electron chi connectivity index (χ2n) is 7.07. The first kappa shape index (κ1) is 20.9. The van der Waals surface area contributed by atoms with Gasteiger partial charge < -0.3 is 0 Å². The summed E-state index contributed by atoms with van der Waals surface area (Å²) in [6.45, 7) is 6.70. The van der Waals surface area contributed by atoms with Crippen molar-refractivity contribution in [2.75, 3.05) is 4.93 Å². The van der Waals surface area contributed by atoms with Crippen molar-refractivity contribution in [3.05, 3.63) is 75.6 Å². The van der Waals surface area contributed by atoms with Crippen LogP contribution in [0.3, 0.4) is 0 Å². The van der Waals surface area contributed by atoms with Crippen LogP contribution in [0.2, 0.25) is 0 Å². The minimum atomic E-state index is -1.45. The number of fused-ring (bicyclic) bond motifs is 1. The van der Waals surface area contributed by atoms with Crippen molar-refractivity contribution in [1.82, 2.24) is 9.55 Å². The molecule has 0 fully saturated rings. The number of nitrogens with zero attached hydrogens (tertiary/aromatic N) is 2. The van der Waals surface area contributed by atoms with Crippen LogP contribution in [0.25, 0.3) is 10.9 Å². The van der Waals surface area contributed by atoms with Gasteiger partial charge in [-0.3, -0.25) is 0 Å². The van der Waals surface area contributed by atoms with E-state index in [2.05, 4.69) is 23.8 Å². The van der Waals surface area contributed by atoms with Crippen LogP contribution >= 0.6 is 19.8 Å². The molecule has 150 valence electrons. The SMILES string of the molecule is CCn1c(Cc2ccc(C(O)I(C)C(C)C)cc2)nc2ccc(F)cc2c1=O. The first-order valence-electron chi connectivity index (χ1n) is 9.34. The van der Waals surface area contributed by atoms with Crippen molar-refractivity contribution in [3.8, 4) is 0 Å². The van der Waals surface area contributed by atoms with Gasteiger partial charge in [0.05, 0.1) is 0 Å². The van der Waals surface area contributed by atoms with Gasteiger partial charge in [-0.05, 0) is 0 Å². The van der Waals surface area contributed by atoms with Crippen LogP contribution in [0.5, 0.6) is 0 Å². The number of halogens is 2. The molecule has 1 heterocycles. The van der Waals surface area contributed by atoms with Crippen LogP contribution in [0.4, 0.5) is 4.39 Å². The van der Waals surface area contributed by atoms with E-state index < -0.39 is 25.6 Å². The zero-order valence-electron chi connectivity index (χ0n) is 16.6. The number of hydrogen-bond donors (Lipinski definition) is 1. The van der Waals surface area contributed by atoms with Gasteiger partial charge in [0.15, 0.2) is 0 Å². The molecule has 0 amide bonds. The summed E-state index contributed by atoms with van der Waals surface area (Å²) in [7, 11) is 0. The fourth-order valence-corrected chi connectivity index (χ4v) is 6.03. The molecule has 3 aromatic rings. The van der Waals surface area contributed by atoms with Crippen molar-refractivity contribution < 1.29 is 9.50 Å². The Morgan fingerprint density at radius 2 is 1.86 bits per heavy atom. The van der Waals surface area contributed by atoms with Crippen molar-refractivity contribution in [2.45, 2.75) is 41.8 Å². The Morgan fingerprint density at radius 3 is 2.46 bits per heavy atom. The van der Waals surface area contributed by atoms with Crippen LogP contribution in [-0.4, -0.2) is 23.5 Å². The van der Waals surface area contributed by atoms with Gasteiger partial charge in [-0.1, -0.05) is 0 Å². The molecule has 2 aromatic carbocycles. The third kappa shape index (κ3) is 4.27. The third-order valence-corrected chi connectivity index (χ3v) is 11.5. The summed E-state index contributed by atoms with van der Waals surface area (Å²) in [4.78, 5) is 19.5. The number of hydrogen-bond acceptors (Lipinski definition) is 3. The number of aliphatic hydroxyl groups excluding tert-OH is 1. The van der Waals surface area contributed by atoms with Crippen LogP contribution in [-0.2, 0) is 13.0 Å². The summed E-state index contributed by atoms with van der Waals surface area (Å²) in [5.74, 6) is 0.224. The molecule has 0 aliphatic heterocycles. The third-order valence-electron chi connectivity index (χ3n) is 4.94. The van der Waals surface area contributed by atoms with Gasteiger partial charge in [0.2, 0.25) is 0 Å². The van der Waals surface area contributed by atoms with E-state index in [0.29, 0.717) is 33.6 Å². The van der Waals surface area contributed by atoms with Gasteiger partial charge in [-0.15, -0.1) is 0 Å². The normalized spacial score (nSPS) is 13.2. The maximum absolute atomic E-state index is 13.5. The maximum atomic E-state index is 13.5. The van der Waals surface area contributed by atoms with Crippen molar-refractivity contribution >= 4 is 30.7 Å². The summed E-state index contributed by atoms with van der Waals surface area (Å²) in [5, 5.41) is 10.9. The van der Waals surface area contributed by atoms with E-state index >= 15 is 0 Å². The topological polar surface area (TPSA) is 55.1 Å². The molecule has 1 unspecified atom stereocenters. The predicted molar refractivity (Wildman–Crippen MR) is 121 cm³/mol. The molecule has 4 nitrogen and oxygen atoms in total. The van der Waals surface area contributed by atoms with E-state index in [-0.39, 0.29) is 9.67 Å². The first-order chi connectivity index (χ1) is 13.3. The molecule has 0 aliphatic carbocycles. The molecule has 0 saturated heterocycles. The monoisotopic (exact) mass is 496 g/mol. The number of rotatable bonds is 6. The average molecular weight is 496 g/mol. The quantitative estimate of drug-likeness (QED) is 0.398. The second-order valence-corrected chi connectivity index (χ2v) is 14.0. The second kappa shape index (κ2) is 8.69. The molecule has 1 N–H and O–H groups in total. The Kier molecular flexibility index (Phi) is 6.50. The summed E-state index contributed by atoms with van der Waals surface area (Å²) >= 11 is -1.45. The molecule has 1 atom stereocenters. The van der Waals surface area contributed by atoms with Gasteiger partial charge in [0, 0.05) is 0 Å². The van der Waals surface area contributed by atoms with Crippen molar-refractivity contribution in [1.29, 1.82) is 0 Å². The van der Waals surface area contributed by atoms with E-state index in [1.165, 1.54) is 12.1 Å². The number of benzene rings is 2. The van der Waals surface area contributed by atoms with Gasteiger partial charge in [0.25, 0.3) is 0 Å². The van der Waals surface area contributed by atoms with Crippen LogP contribution in [0, 0.1) is 5.82 Å². The summed E-state index contributed by atoms with van der Waals surface area (Å²) in [5.41, 5.74) is 2.27. The Labute approximate surface area is 171 Å². The minimum absolute atomic E-state index is 0.216. The van der Waals surface area contributed by atoms with Crippen LogP contribution in [0.15, 0.2) is 47.3 Å². The van der Waals surface area contributed by atoms with Crippen molar-refractivity contribution in [2.24, 2.45) is 0 Å². The molecule has 6 heteroatoms. The number of alkyl halides is 3. The van der Waals surface area contributed by atoms with E-state index in [1.54, 1.807) is 10.6 Å². The molecule has 1 aromatic heterocycles. The molecule has 0 spiro atoms. The van der Waals surface area contributed by atoms with E-state index in [4.69, 9.17) is 0 Å². The van der Waals surface area contributed by atoms with Gasteiger partial charge in [-0.2, -0.15) is 0 Å². The molecule has 28 heavy (non-hydrogen) atoms. The zero-order chi connectivity index (χ0) is 20.4. The summed E-state index contributed by atoms with van der Waals surface area (Å²) in [6, 6.07) is 12.0. The molecule has 0 aliphatic rings. The van der Waals surface area contributed by atoms with Gasteiger partial charge in [0.1, 0.15) is 0 Å². The Balaban J connectivity index is 1.92. The standard InChI is InChI=1S/C22H26FIN2O2/c1-5-26-20(25-19-11-10-17(23)13-18(19)22(26)28)12-15-6-8-16(9-7-15)21(27)24(4)14(2)3/h6-11,13-14,21,27H,5,12H2,1-4H3.